The van der Waals surface area contributed by atoms with E-state index >= 15 is 0 Å². The van der Waals surface area contributed by atoms with Crippen molar-refractivity contribution in [3.05, 3.63) is 29.8 Å². The lowest BCUT2D eigenvalue weighted by atomic mass is 10.2. The van der Waals surface area contributed by atoms with E-state index in [0.717, 1.165) is 0 Å². The molecule has 1 aromatic carbocycles. The van der Waals surface area contributed by atoms with Crippen molar-refractivity contribution in [2.75, 3.05) is 24.7 Å². The Morgan fingerprint density at radius 2 is 2.22 bits per heavy atom. The van der Waals surface area contributed by atoms with Crippen molar-refractivity contribution in [1.29, 1.82) is 5.26 Å². The standard InChI is InChI=1S/C13H15NO3S/c1-2-16-13(15)10-18-8-7-17-12-6-4-3-5-11(12)9-14/h3-6H,2,7-8,10H2,1H3. The van der Waals surface area contributed by atoms with Crippen molar-refractivity contribution in [1.82, 2.24) is 0 Å². The molecule has 1 aromatic rings. The quantitative estimate of drug-likeness (QED) is 0.559. The third-order valence-corrected chi connectivity index (χ3v) is 2.91. The van der Waals surface area contributed by atoms with Gasteiger partial charge in [-0.3, -0.25) is 4.79 Å². The maximum absolute atomic E-state index is 11.0. The van der Waals surface area contributed by atoms with E-state index in [9.17, 15) is 4.79 Å². The van der Waals surface area contributed by atoms with E-state index in [1.165, 1.54) is 11.8 Å². The Balaban J connectivity index is 2.22. The third-order valence-electron chi connectivity index (χ3n) is 2.02. The van der Waals surface area contributed by atoms with Gasteiger partial charge in [-0.25, -0.2) is 0 Å². The van der Waals surface area contributed by atoms with Gasteiger partial charge < -0.3 is 9.47 Å². The second-order valence-corrected chi connectivity index (χ2v) is 4.42. The molecule has 0 radical (unpaired) electrons. The van der Waals surface area contributed by atoms with E-state index in [4.69, 9.17) is 14.7 Å². The van der Waals surface area contributed by atoms with Crippen LogP contribution in [0.25, 0.3) is 0 Å². The van der Waals surface area contributed by atoms with Crippen LogP contribution in [0.5, 0.6) is 5.75 Å². The van der Waals surface area contributed by atoms with Crippen LogP contribution in [0.2, 0.25) is 0 Å². The molecule has 0 aromatic heterocycles. The molecule has 0 saturated carbocycles. The van der Waals surface area contributed by atoms with Crippen LogP contribution < -0.4 is 4.74 Å². The zero-order chi connectivity index (χ0) is 13.2. The first kappa shape index (κ1) is 14.4. The Labute approximate surface area is 111 Å². The molecule has 18 heavy (non-hydrogen) atoms. The number of nitriles is 1. The van der Waals surface area contributed by atoms with Crippen molar-refractivity contribution < 1.29 is 14.3 Å². The maximum Gasteiger partial charge on any atom is 0.315 e. The van der Waals surface area contributed by atoms with E-state index in [-0.39, 0.29) is 5.97 Å². The summed E-state index contributed by atoms with van der Waals surface area (Å²) in [5.74, 6) is 1.38. The summed E-state index contributed by atoms with van der Waals surface area (Å²) >= 11 is 1.45. The van der Waals surface area contributed by atoms with Gasteiger partial charge in [0.1, 0.15) is 11.8 Å². The molecular formula is C13H15NO3S. The number of esters is 1. The summed E-state index contributed by atoms with van der Waals surface area (Å²) in [7, 11) is 0. The number of thioether (sulfide) groups is 1. The molecule has 5 heteroatoms. The summed E-state index contributed by atoms with van der Waals surface area (Å²) in [5, 5.41) is 8.86. The van der Waals surface area contributed by atoms with E-state index in [1.807, 2.05) is 6.07 Å². The van der Waals surface area contributed by atoms with Gasteiger partial charge in [0.15, 0.2) is 0 Å². The van der Waals surface area contributed by atoms with Gasteiger partial charge in [0.25, 0.3) is 0 Å². The molecule has 0 atom stereocenters. The van der Waals surface area contributed by atoms with Gasteiger partial charge in [-0.2, -0.15) is 5.26 Å². The van der Waals surface area contributed by atoms with Crippen LogP contribution in [0.15, 0.2) is 24.3 Å². The summed E-state index contributed by atoms with van der Waals surface area (Å²) in [6.07, 6.45) is 0. The minimum atomic E-state index is -0.208. The number of benzene rings is 1. The van der Waals surface area contributed by atoms with Crippen molar-refractivity contribution in [3.8, 4) is 11.8 Å². The Morgan fingerprint density at radius 3 is 2.94 bits per heavy atom. The number of rotatable bonds is 7. The van der Waals surface area contributed by atoms with Gasteiger partial charge in [-0.15, -0.1) is 11.8 Å². The van der Waals surface area contributed by atoms with Crippen LogP contribution in [0, 0.1) is 11.3 Å². The monoisotopic (exact) mass is 265 g/mol. The van der Waals surface area contributed by atoms with E-state index in [2.05, 4.69) is 6.07 Å². The van der Waals surface area contributed by atoms with Crippen LogP contribution in [-0.4, -0.2) is 30.7 Å². The Kier molecular flexibility index (Phi) is 6.74. The fraction of sp³-hybridized carbons (Fsp3) is 0.385. The van der Waals surface area contributed by atoms with Crippen molar-refractivity contribution in [2.24, 2.45) is 0 Å². The Bertz CT molecular complexity index is 428. The van der Waals surface area contributed by atoms with Crippen LogP contribution in [0.4, 0.5) is 0 Å². The van der Waals surface area contributed by atoms with E-state index < -0.39 is 0 Å². The predicted molar refractivity (Wildman–Crippen MR) is 70.6 cm³/mol. The molecule has 0 saturated heterocycles. The number of carbonyl (C=O) groups excluding carboxylic acids is 1. The molecule has 0 fully saturated rings. The number of hydrogen-bond acceptors (Lipinski definition) is 5. The van der Waals surface area contributed by atoms with Crippen molar-refractivity contribution in [2.45, 2.75) is 6.92 Å². The highest BCUT2D eigenvalue weighted by Gasteiger charge is 2.03. The predicted octanol–water partition coefficient (Wildman–Crippen LogP) is 2.23. The van der Waals surface area contributed by atoms with Gasteiger partial charge in [-0.05, 0) is 19.1 Å². The number of carbonyl (C=O) groups is 1. The minimum absolute atomic E-state index is 0.208. The summed E-state index contributed by atoms with van der Waals surface area (Å²) < 4.78 is 10.3. The highest BCUT2D eigenvalue weighted by atomic mass is 32.2. The number of ether oxygens (including phenoxy) is 2. The first-order valence-electron chi connectivity index (χ1n) is 5.63. The first-order chi connectivity index (χ1) is 8.77. The van der Waals surface area contributed by atoms with Gasteiger partial charge in [0, 0.05) is 5.75 Å². The van der Waals surface area contributed by atoms with Crippen LogP contribution in [-0.2, 0) is 9.53 Å². The van der Waals surface area contributed by atoms with E-state index in [0.29, 0.717) is 36.0 Å². The fourth-order valence-corrected chi connectivity index (χ4v) is 1.85. The zero-order valence-electron chi connectivity index (χ0n) is 10.2. The second kappa shape index (κ2) is 8.43. The van der Waals surface area contributed by atoms with Crippen LogP contribution in [0.3, 0.4) is 0 Å². The SMILES string of the molecule is CCOC(=O)CSCCOc1ccccc1C#N. The summed E-state index contributed by atoms with van der Waals surface area (Å²) in [6, 6.07) is 9.15. The van der Waals surface area contributed by atoms with E-state index in [1.54, 1.807) is 25.1 Å². The average Bonchev–Trinajstić information content (AvgIpc) is 2.39. The first-order valence-corrected chi connectivity index (χ1v) is 6.78. The molecule has 0 amide bonds. The lowest BCUT2D eigenvalue weighted by Gasteiger charge is -2.07. The number of hydrogen-bond donors (Lipinski definition) is 0. The lowest BCUT2D eigenvalue weighted by Crippen LogP contribution is -2.09. The molecule has 0 N–H and O–H groups in total. The molecule has 0 aliphatic heterocycles. The van der Waals surface area contributed by atoms with Crippen LogP contribution >= 0.6 is 11.8 Å². The number of para-hydroxylation sites is 1. The van der Waals surface area contributed by atoms with Crippen molar-refractivity contribution in [3.63, 3.8) is 0 Å². The average molecular weight is 265 g/mol. The highest BCUT2D eigenvalue weighted by Crippen LogP contribution is 2.16. The Hall–Kier alpha value is -1.67. The van der Waals surface area contributed by atoms with Crippen molar-refractivity contribution >= 4 is 17.7 Å². The second-order valence-electron chi connectivity index (χ2n) is 3.31. The molecule has 0 aliphatic carbocycles. The number of nitrogens with zero attached hydrogens (tertiary/aromatic N) is 1. The third kappa shape index (κ3) is 5.11. The van der Waals surface area contributed by atoms with Gasteiger partial charge >= 0.3 is 5.97 Å². The summed E-state index contributed by atoms with van der Waals surface area (Å²) in [6.45, 7) is 2.65. The Morgan fingerprint density at radius 1 is 1.44 bits per heavy atom. The normalized spacial score (nSPS) is 9.56. The summed E-state index contributed by atoms with van der Waals surface area (Å²) in [5.41, 5.74) is 0.521. The molecule has 1 rings (SSSR count). The molecule has 0 heterocycles. The molecular weight excluding hydrogens is 250 g/mol. The minimum Gasteiger partial charge on any atom is -0.491 e. The highest BCUT2D eigenvalue weighted by molar-refractivity contribution is 7.99. The maximum atomic E-state index is 11.0. The zero-order valence-corrected chi connectivity index (χ0v) is 11.0. The fourth-order valence-electron chi connectivity index (χ4n) is 1.25. The molecule has 96 valence electrons. The molecule has 0 bridgehead atoms. The molecule has 0 spiro atoms. The topological polar surface area (TPSA) is 59.3 Å². The summed E-state index contributed by atoms with van der Waals surface area (Å²) in [4.78, 5) is 11.0. The van der Waals surface area contributed by atoms with Gasteiger partial charge in [-0.1, -0.05) is 12.1 Å². The van der Waals surface area contributed by atoms with Crippen LogP contribution in [0.1, 0.15) is 12.5 Å². The molecule has 0 aliphatic rings. The smallest absolute Gasteiger partial charge is 0.315 e. The largest absolute Gasteiger partial charge is 0.491 e. The van der Waals surface area contributed by atoms with Gasteiger partial charge in [0.2, 0.25) is 0 Å². The lowest BCUT2D eigenvalue weighted by molar-refractivity contribution is -0.139. The molecule has 0 unspecified atom stereocenters. The molecule has 4 nitrogen and oxygen atoms in total. The van der Waals surface area contributed by atoms with Gasteiger partial charge in [0.05, 0.1) is 24.5 Å².